The molecular formula is C11H12N2O3. The summed E-state index contributed by atoms with van der Waals surface area (Å²) in [5.74, 6) is 1.20. The minimum atomic E-state index is 0.231. The van der Waals surface area contributed by atoms with E-state index in [4.69, 9.17) is 9.26 Å². The fraction of sp³-hybridized carbons (Fsp3) is 0.273. The zero-order chi connectivity index (χ0) is 11.4. The highest BCUT2D eigenvalue weighted by atomic mass is 16.5. The lowest BCUT2D eigenvalue weighted by atomic mass is 10.1. The molecule has 1 aromatic heterocycles. The number of hydrogen-bond acceptors (Lipinski definition) is 5. The number of benzene rings is 1. The molecule has 0 amide bonds. The van der Waals surface area contributed by atoms with E-state index in [0.717, 1.165) is 5.56 Å². The van der Waals surface area contributed by atoms with Gasteiger partial charge in [-0.15, -0.1) is 0 Å². The van der Waals surface area contributed by atoms with Gasteiger partial charge < -0.3 is 14.4 Å². The van der Waals surface area contributed by atoms with Crippen molar-refractivity contribution in [2.24, 2.45) is 0 Å². The molecule has 5 nitrogen and oxygen atoms in total. The van der Waals surface area contributed by atoms with E-state index in [1.807, 2.05) is 12.1 Å². The number of hydrogen-bond donors (Lipinski definition) is 1. The Morgan fingerprint density at radius 1 is 1.38 bits per heavy atom. The zero-order valence-electron chi connectivity index (χ0n) is 8.88. The molecule has 0 unspecified atom stereocenters. The number of aromatic nitrogens is 2. The first kappa shape index (κ1) is 10.6. The summed E-state index contributed by atoms with van der Waals surface area (Å²) in [6, 6.07) is 7.06. The second kappa shape index (κ2) is 4.76. The first-order chi connectivity index (χ1) is 7.79. The van der Waals surface area contributed by atoms with E-state index in [-0.39, 0.29) is 5.75 Å². The number of nitrogens with zero attached hydrogens (tertiary/aromatic N) is 2. The minimum Gasteiger partial charge on any atom is -0.508 e. The van der Waals surface area contributed by atoms with E-state index in [2.05, 4.69) is 10.1 Å². The Labute approximate surface area is 92.7 Å². The average Bonchev–Trinajstić information content (AvgIpc) is 2.70. The maximum absolute atomic E-state index is 9.57. The highest BCUT2D eigenvalue weighted by molar-refractivity contribution is 5.33. The molecule has 2 rings (SSSR count). The van der Waals surface area contributed by atoms with Gasteiger partial charge in [-0.05, 0) is 6.07 Å². The van der Waals surface area contributed by atoms with Gasteiger partial charge in [-0.25, -0.2) is 0 Å². The molecular weight excluding hydrogens is 208 g/mol. The maximum atomic E-state index is 9.57. The molecule has 0 spiro atoms. The van der Waals surface area contributed by atoms with Crippen LogP contribution in [0.2, 0.25) is 0 Å². The van der Waals surface area contributed by atoms with Crippen LogP contribution < -0.4 is 0 Å². The molecule has 0 atom stereocenters. The van der Waals surface area contributed by atoms with E-state index in [1.165, 1.54) is 0 Å². The number of phenolic OH excluding ortho intramolecular Hbond substituents is 1. The molecule has 2 aromatic rings. The normalized spacial score (nSPS) is 10.6. The third-order valence-corrected chi connectivity index (χ3v) is 2.12. The molecule has 16 heavy (non-hydrogen) atoms. The van der Waals surface area contributed by atoms with Gasteiger partial charge in [0.15, 0.2) is 5.82 Å². The minimum absolute atomic E-state index is 0.231. The number of ether oxygens (including phenoxy) is 1. The van der Waals surface area contributed by atoms with Gasteiger partial charge in [-0.2, -0.15) is 4.98 Å². The van der Waals surface area contributed by atoms with Gasteiger partial charge in [0.25, 0.3) is 0 Å². The van der Waals surface area contributed by atoms with Crippen LogP contribution in [0.5, 0.6) is 5.75 Å². The van der Waals surface area contributed by atoms with Crippen molar-refractivity contribution in [2.75, 3.05) is 7.11 Å². The zero-order valence-corrected chi connectivity index (χ0v) is 8.88. The predicted octanol–water partition coefficient (Wildman–Crippen LogP) is 1.51. The highest BCUT2D eigenvalue weighted by Gasteiger charge is 2.08. The number of phenols is 1. The van der Waals surface area contributed by atoms with Crippen LogP contribution in [0.3, 0.4) is 0 Å². The molecule has 0 bridgehead atoms. The molecule has 1 aromatic carbocycles. The Hall–Kier alpha value is -1.88. The van der Waals surface area contributed by atoms with Gasteiger partial charge in [0, 0.05) is 12.7 Å². The van der Waals surface area contributed by atoms with Crippen LogP contribution in [-0.4, -0.2) is 22.4 Å². The van der Waals surface area contributed by atoms with Gasteiger partial charge in [0.05, 0.1) is 6.42 Å². The second-order valence-corrected chi connectivity index (χ2v) is 3.34. The molecule has 0 aliphatic carbocycles. The molecule has 1 N–H and O–H groups in total. The Morgan fingerprint density at radius 2 is 2.19 bits per heavy atom. The molecule has 0 radical (unpaired) electrons. The molecule has 1 heterocycles. The van der Waals surface area contributed by atoms with Gasteiger partial charge in [0.1, 0.15) is 12.4 Å². The van der Waals surface area contributed by atoms with Gasteiger partial charge in [-0.1, -0.05) is 23.4 Å². The molecule has 0 fully saturated rings. The van der Waals surface area contributed by atoms with Crippen LogP contribution in [0.15, 0.2) is 28.8 Å². The summed E-state index contributed by atoms with van der Waals surface area (Å²) in [5, 5.41) is 13.3. The third-order valence-electron chi connectivity index (χ3n) is 2.12. The van der Waals surface area contributed by atoms with Crippen molar-refractivity contribution in [1.82, 2.24) is 10.1 Å². The van der Waals surface area contributed by atoms with E-state index >= 15 is 0 Å². The van der Waals surface area contributed by atoms with Crippen molar-refractivity contribution in [3.8, 4) is 5.75 Å². The molecule has 0 saturated carbocycles. The van der Waals surface area contributed by atoms with Crippen LogP contribution in [0, 0.1) is 0 Å². The van der Waals surface area contributed by atoms with Crippen molar-refractivity contribution < 1.29 is 14.4 Å². The lowest BCUT2D eigenvalue weighted by Gasteiger charge is -1.99. The van der Waals surface area contributed by atoms with E-state index in [9.17, 15) is 5.11 Å². The highest BCUT2D eigenvalue weighted by Crippen LogP contribution is 2.18. The fourth-order valence-electron chi connectivity index (χ4n) is 1.37. The maximum Gasteiger partial charge on any atom is 0.231 e. The fourth-order valence-corrected chi connectivity index (χ4v) is 1.37. The Bertz CT molecular complexity index is 468. The summed E-state index contributed by atoms with van der Waals surface area (Å²) in [5.41, 5.74) is 0.759. The van der Waals surface area contributed by atoms with Gasteiger partial charge in [0.2, 0.25) is 5.89 Å². The SMILES string of the molecule is COCc1noc(Cc2ccccc2O)n1. The number of para-hydroxylation sites is 1. The summed E-state index contributed by atoms with van der Waals surface area (Å²) in [6.07, 6.45) is 0.420. The Balaban J connectivity index is 2.11. The molecule has 0 aliphatic heterocycles. The van der Waals surface area contributed by atoms with Crippen molar-refractivity contribution in [1.29, 1.82) is 0 Å². The van der Waals surface area contributed by atoms with Gasteiger partial charge in [-0.3, -0.25) is 0 Å². The Morgan fingerprint density at radius 3 is 2.94 bits per heavy atom. The van der Waals surface area contributed by atoms with E-state index in [0.29, 0.717) is 24.7 Å². The summed E-state index contributed by atoms with van der Waals surface area (Å²) >= 11 is 0. The average molecular weight is 220 g/mol. The van der Waals surface area contributed by atoms with Crippen molar-refractivity contribution in [2.45, 2.75) is 13.0 Å². The first-order valence-electron chi connectivity index (χ1n) is 4.87. The van der Waals surface area contributed by atoms with Crippen molar-refractivity contribution in [3.63, 3.8) is 0 Å². The molecule has 0 saturated heterocycles. The predicted molar refractivity (Wildman–Crippen MR) is 55.9 cm³/mol. The summed E-state index contributed by atoms with van der Waals surface area (Å²) < 4.78 is 9.90. The monoisotopic (exact) mass is 220 g/mol. The molecule has 84 valence electrons. The lowest BCUT2D eigenvalue weighted by molar-refractivity contribution is 0.174. The van der Waals surface area contributed by atoms with Crippen molar-refractivity contribution in [3.05, 3.63) is 41.5 Å². The standard InChI is InChI=1S/C11H12N2O3/c1-15-7-10-12-11(16-13-10)6-8-4-2-3-5-9(8)14/h2-5,14H,6-7H2,1H3. The summed E-state index contributed by atoms with van der Waals surface area (Å²) in [6.45, 7) is 0.324. The van der Waals surface area contributed by atoms with Crippen LogP contribution in [0.25, 0.3) is 0 Å². The van der Waals surface area contributed by atoms with Crippen LogP contribution in [-0.2, 0) is 17.8 Å². The van der Waals surface area contributed by atoms with E-state index in [1.54, 1.807) is 19.2 Å². The van der Waals surface area contributed by atoms with E-state index < -0.39 is 0 Å². The van der Waals surface area contributed by atoms with Crippen molar-refractivity contribution >= 4 is 0 Å². The van der Waals surface area contributed by atoms with Crippen LogP contribution in [0.1, 0.15) is 17.3 Å². The smallest absolute Gasteiger partial charge is 0.231 e. The largest absolute Gasteiger partial charge is 0.508 e. The third kappa shape index (κ3) is 2.38. The molecule has 0 aliphatic rings. The second-order valence-electron chi connectivity index (χ2n) is 3.34. The Kier molecular flexibility index (Phi) is 3.16. The summed E-state index contributed by atoms with van der Waals surface area (Å²) in [7, 11) is 1.57. The van der Waals surface area contributed by atoms with Crippen LogP contribution >= 0.6 is 0 Å². The quantitative estimate of drug-likeness (QED) is 0.845. The van der Waals surface area contributed by atoms with Crippen LogP contribution in [0.4, 0.5) is 0 Å². The number of rotatable bonds is 4. The number of aromatic hydroxyl groups is 1. The molecule has 5 heteroatoms. The summed E-state index contributed by atoms with van der Waals surface area (Å²) in [4.78, 5) is 4.12. The number of methoxy groups -OCH3 is 1. The topological polar surface area (TPSA) is 68.4 Å². The van der Waals surface area contributed by atoms with Gasteiger partial charge >= 0.3 is 0 Å². The first-order valence-corrected chi connectivity index (χ1v) is 4.87. The lowest BCUT2D eigenvalue weighted by Crippen LogP contribution is -1.92.